The molecule has 6 nitrogen and oxygen atoms in total. The van der Waals surface area contributed by atoms with E-state index >= 15 is 0 Å². The molecule has 0 bridgehead atoms. The minimum absolute atomic E-state index is 0.233. The molecule has 0 saturated carbocycles. The summed E-state index contributed by atoms with van der Waals surface area (Å²) in [7, 11) is -3.54. The van der Waals surface area contributed by atoms with Crippen molar-refractivity contribution in [2.45, 2.75) is 47.3 Å². The summed E-state index contributed by atoms with van der Waals surface area (Å²) in [5.74, 6) is 0.431. The highest BCUT2D eigenvalue weighted by molar-refractivity contribution is 7.54. The van der Waals surface area contributed by atoms with Crippen LogP contribution < -0.4 is 10.2 Å². The molecular weight excluding hydrogens is 409 g/mol. The van der Waals surface area contributed by atoms with Gasteiger partial charge in [-0.3, -0.25) is 4.57 Å². The Labute approximate surface area is 187 Å². The molecule has 31 heavy (non-hydrogen) atoms. The molecule has 0 aliphatic rings. The van der Waals surface area contributed by atoms with Crippen LogP contribution in [0.2, 0.25) is 0 Å². The van der Waals surface area contributed by atoms with Crippen molar-refractivity contribution in [3.8, 4) is 0 Å². The van der Waals surface area contributed by atoms with Crippen molar-refractivity contribution < 1.29 is 13.6 Å². The van der Waals surface area contributed by atoms with Gasteiger partial charge < -0.3 is 19.3 Å². The number of hydrogen-bond donors (Lipinski definition) is 1. The van der Waals surface area contributed by atoms with Crippen LogP contribution in [0.15, 0.2) is 48.7 Å². The van der Waals surface area contributed by atoms with E-state index in [9.17, 15) is 4.57 Å². The third kappa shape index (κ3) is 7.64. The van der Waals surface area contributed by atoms with Crippen molar-refractivity contribution in [3.05, 3.63) is 54.2 Å². The minimum atomic E-state index is -3.54. The number of rotatable bonds is 13. The molecule has 1 N–H and O–H groups in total. The van der Waals surface area contributed by atoms with Gasteiger partial charge in [0.2, 0.25) is 0 Å². The van der Waals surface area contributed by atoms with Gasteiger partial charge in [-0.05, 0) is 55.5 Å². The predicted molar refractivity (Wildman–Crippen MR) is 130 cm³/mol. The zero-order chi connectivity index (χ0) is 22.9. The number of anilines is 2. The molecule has 2 aromatic rings. The van der Waals surface area contributed by atoms with E-state index in [1.165, 1.54) is 0 Å². The standard InChI is InChI=1S/C24H38N3O3P/c1-7-27(8-2)22-14-12-21(13-15-22)24(26-23-11-9-10-16-25-23)31(28,29-17-19(3)4)30-18-20(5)6/h9-16,19-20,24H,7-8,17-18H2,1-6H3,(H,25,26). The van der Waals surface area contributed by atoms with Gasteiger partial charge in [0.05, 0.1) is 13.2 Å². The number of nitrogens with zero attached hydrogens (tertiary/aromatic N) is 2. The lowest BCUT2D eigenvalue weighted by atomic mass is 10.2. The van der Waals surface area contributed by atoms with Crippen molar-refractivity contribution in [3.63, 3.8) is 0 Å². The van der Waals surface area contributed by atoms with Gasteiger partial charge in [-0.25, -0.2) is 4.98 Å². The molecule has 1 heterocycles. The van der Waals surface area contributed by atoms with E-state index < -0.39 is 13.4 Å². The second-order valence-electron chi connectivity index (χ2n) is 8.44. The first-order valence-electron chi connectivity index (χ1n) is 11.2. The molecule has 2 rings (SSSR count). The van der Waals surface area contributed by atoms with Gasteiger partial charge in [-0.15, -0.1) is 0 Å². The summed E-state index contributed by atoms with van der Waals surface area (Å²) in [5.41, 5.74) is 1.98. The summed E-state index contributed by atoms with van der Waals surface area (Å²) in [6, 6.07) is 13.7. The van der Waals surface area contributed by atoms with Crippen molar-refractivity contribution in [1.29, 1.82) is 0 Å². The van der Waals surface area contributed by atoms with Gasteiger partial charge >= 0.3 is 7.60 Å². The molecule has 0 aliphatic carbocycles. The van der Waals surface area contributed by atoms with Crippen LogP contribution in [0, 0.1) is 11.8 Å². The Morgan fingerprint density at radius 2 is 1.52 bits per heavy atom. The third-order valence-electron chi connectivity index (χ3n) is 4.78. The summed E-state index contributed by atoms with van der Waals surface area (Å²) in [5, 5.41) is 3.32. The van der Waals surface area contributed by atoms with Crippen LogP contribution in [0.4, 0.5) is 11.5 Å². The lowest BCUT2D eigenvalue weighted by Gasteiger charge is -2.30. The molecule has 0 radical (unpaired) electrons. The summed E-state index contributed by atoms with van der Waals surface area (Å²) in [4.78, 5) is 6.64. The summed E-state index contributed by atoms with van der Waals surface area (Å²) < 4.78 is 26.1. The van der Waals surface area contributed by atoms with E-state index in [0.29, 0.717) is 19.0 Å². The van der Waals surface area contributed by atoms with E-state index in [1.54, 1.807) is 6.20 Å². The second kappa shape index (κ2) is 12.2. The van der Waals surface area contributed by atoms with E-state index in [2.05, 4.69) is 41.2 Å². The highest BCUT2D eigenvalue weighted by atomic mass is 31.2. The molecule has 1 atom stereocenters. The van der Waals surface area contributed by atoms with Gasteiger partial charge in [0.1, 0.15) is 5.82 Å². The molecule has 172 valence electrons. The lowest BCUT2D eigenvalue weighted by Crippen LogP contribution is -2.22. The average molecular weight is 448 g/mol. The quantitative estimate of drug-likeness (QED) is 0.350. The zero-order valence-electron chi connectivity index (χ0n) is 19.7. The molecule has 1 unspecified atom stereocenters. The maximum absolute atomic E-state index is 14.1. The molecule has 1 aromatic carbocycles. The Morgan fingerprint density at radius 3 is 1.97 bits per heavy atom. The Bertz CT molecular complexity index is 793. The van der Waals surface area contributed by atoms with Crippen LogP contribution in [-0.4, -0.2) is 31.3 Å². The zero-order valence-corrected chi connectivity index (χ0v) is 20.6. The van der Waals surface area contributed by atoms with Gasteiger partial charge in [-0.1, -0.05) is 45.9 Å². The van der Waals surface area contributed by atoms with Crippen LogP contribution in [0.1, 0.15) is 52.9 Å². The number of hydrogen-bond acceptors (Lipinski definition) is 6. The Balaban J connectivity index is 2.44. The number of pyridine rings is 1. The molecule has 7 heteroatoms. The number of nitrogens with one attached hydrogen (secondary N) is 1. The highest BCUT2D eigenvalue weighted by Gasteiger charge is 2.38. The van der Waals surface area contributed by atoms with Crippen LogP contribution >= 0.6 is 7.60 Å². The van der Waals surface area contributed by atoms with Crippen LogP contribution in [0.25, 0.3) is 0 Å². The van der Waals surface area contributed by atoms with E-state index in [-0.39, 0.29) is 11.8 Å². The van der Waals surface area contributed by atoms with Gasteiger partial charge in [0.15, 0.2) is 5.78 Å². The highest BCUT2D eigenvalue weighted by Crippen LogP contribution is 2.61. The monoisotopic (exact) mass is 447 g/mol. The molecule has 0 saturated heterocycles. The fourth-order valence-electron chi connectivity index (χ4n) is 3.08. The third-order valence-corrected chi connectivity index (χ3v) is 6.86. The van der Waals surface area contributed by atoms with Crippen LogP contribution in [-0.2, 0) is 13.6 Å². The van der Waals surface area contributed by atoms with E-state index in [1.807, 2.05) is 58.0 Å². The van der Waals surface area contributed by atoms with Crippen molar-refractivity contribution >= 4 is 19.1 Å². The topological polar surface area (TPSA) is 63.7 Å². The van der Waals surface area contributed by atoms with Crippen LogP contribution in [0.5, 0.6) is 0 Å². The van der Waals surface area contributed by atoms with E-state index in [4.69, 9.17) is 9.05 Å². The average Bonchev–Trinajstić information content (AvgIpc) is 2.77. The fourth-order valence-corrected chi connectivity index (χ4v) is 5.29. The SMILES string of the molecule is CCN(CC)c1ccc(C(Nc2ccccn2)P(=O)(OCC(C)C)OCC(C)C)cc1. The van der Waals surface area contributed by atoms with Crippen molar-refractivity contribution in [2.75, 3.05) is 36.5 Å². The predicted octanol–water partition coefficient (Wildman–Crippen LogP) is 6.58. The second-order valence-corrected chi connectivity index (χ2v) is 10.6. The first-order chi connectivity index (χ1) is 14.8. The maximum Gasteiger partial charge on any atom is 0.357 e. The van der Waals surface area contributed by atoms with Gasteiger partial charge in [0, 0.05) is 25.0 Å². The Kier molecular flexibility index (Phi) is 10.0. The molecule has 0 amide bonds. The summed E-state index contributed by atoms with van der Waals surface area (Å²) >= 11 is 0. The maximum atomic E-state index is 14.1. The lowest BCUT2D eigenvalue weighted by molar-refractivity contribution is 0.168. The first kappa shape index (κ1) is 25.4. The molecule has 0 fully saturated rings. The Hall–Kier alpha value is -1.88. The van der Waals surface area contributed by atoms with Crippen LogP contribution in [0.3, 0.4) is 0 Å². The fraction of sp³-hybridized carbons (Fsp3) is 0.542. The smallest absolute Gasteiger partial charge is 0.357 e. The first-order valence-corrected chi connectivity index (χ1v) is 12.8. The molecule has 0 aliphatic heterocycles. The van der Waals surface area contributed by atoms with Gasteiger partial charge in [-0.2, -0.15) is 0 Å². The van der Waals surface area contributed by atoms with Crippen molar-refractivity contribution in [1.82, 2.24) is 4.98 Å². The number of aromatic nitrogens is 1. The minimum Gasteiger partial charge on any atom is -0.372 e. The van der Waals surface area contributed by atoms with Crippen molar-refractivity contribution in [2.24, 2.45) is 11.8 Å². The largest absolute Gasteiger partial charge is 0.372 e. The Morgan fingerprint density at radius 1 is 0.935 bits per heavy atom. The molecule has 0 spiro atoms. The summed E-state index contributed by atoms with van der Waals surface area (Å²) in [6.07, 6.45) is 1.71. The number of benzene rings is 1. The molecular formula is C24H38N3O3P. The van der Waals surface area contributed by atoms with E-state index in [0.717, 1.165) is 24.3 Å². The molecule has 1 aromatic heterocycles. The normalized spacial score (nSPS) is 12.9. The summed E-state index contributed by atoms with van der Waals surface area (Å²) in [6.45, 7) is 15.0. The van der Waals surface area contributed by atoms with Gasteiger partial charge in [0.25, 0.3) is 0 Å².